The number of carbonyl (C=O) groups is 4. The van der Waals surface area contributed by atoms with Crippen molar-refractivity contribution in [3.8, 4) is 0 Å². The minimum absolute atomic E-state index is 0.188. The first-order chi connectivity index (χ1) is 14.3. The van der Waals surface area contributed by atoms with Gasteiger partial charge in [-0.05, 0) is 30.9 Å². The summed E-state index contributed by atoms with van der Waals surface area (Å²) < 4.78 is 18.4. The van der Waals surface area contributed by atoms with Gasteiger partial charge in [-0.3, -0.25) is 19.3 Å². The lowest BCUT2D eigenvalue weighted by atomic mass is 9.81. The van der Waals surface area contributed by atoms with Crippen molar-refractivity contribution >= 4 is 23.8 Å². The lowest BCUT2D eigenvalue weighted by Crippen LogP contribution is -2.49. The Morgan fingerprint density at radius 1 is 1.17 bits per heavy atom. The van der Waals surface area contributed by atoms with E-state index in [1.54, 1.807) is 25.2 Å². The van der Waals surface area contributed by atoms with Crippen LogP contribution in [-0.4, -0.2) is 65.9 Å². The van der Waals surface area contributed by atoms with Crippen molar-refractivity contribution in [1.29, 1.82) is 0 Å². The number of esters is 1. The largest absolute Gasteiger partial charge is 0.454 e. The number of halogens is 1. The van der Waals surface area contributed by atoms with E-state index in [2.05, 4.69) is 5.32 Å². The molecule has 0 radical (unpaired) electrons. The van der Waals surface area contributed by atoms with Gasteiger partial charge in [0.15, 0.2) is 6.61 Å². The number of hydrogen-bond acceptors (Lipinski definition) is 5. The summed E-state index contributed by atoms with van der Waals surface area (Å²) in [5, 5.41) is 2.54. The average molecular weight is 419 g/mol. The fourth-order valence-corrected chi connectivity index (χ4v) is 4.08. The zero-order valence-corrected chi connectivity index (χ0v) is 17.0. The van der Waals surface area contributed by atoms with Gasteiger partial charge in [-0.2, -0.15) is 0 Å². The Kier molecular flexibility index (Phi) is 6.69. The number of imide groups is 1. The number of hydrogen-bond donors (Lipinski definition) is 1. The first kappa shape index (κ1) is 21.7. The van der Waals surface area contributed by atoms with Crippen LogP contribution in [0.3, 0.4) is 0 Å². The van der Waals surface area contributed by atoms with E-state index >= 15 is 0 Å². The van der Waals surface area contributed by atoms with Crippen LogP contribution >= 0.6 is 0 Å². The number of nitrogens with one attached hydrogen (secondary N) is 1. The van der Waals surface area contributed by atoms with E-state index in [1.165, 1.54) is 11.0 Å². The summed E-state index contributed by atoms with van der Waals surface area (Å²) in [6.45, 7) is -0.868. The molecule has 1 saturated carbocycles. The van der Waals surface area contributed by atoms with Gasteiger partial charge < -0.3 is 15.0 Å². The van der Waals surface area contributed by atoms with E-state index < -0.39 is 36.6 Å². The Hall–Kier alpha value is -2.97. The van der Waals surface area contributed by atoms with E-state index in [9.17, 15) is 23.6 Å². The molecule has 1 aromatic rings. The number of benzene rings is 1. The maximum atomic E-state index is 13.5. The van der Waals surface area contributed by atoms with Gasteiger partial charge in [-0.25, -0.2) is 9.18 Å². The van der Waals surface area contributed by atoms with E-state index in [4.69, 9.17) is 4.74 Å². The molecule has 0 bridgehead atoms. The normalized spacial score (nSPS) is 18.1. The van der Waals surface area contributed by atoms with E-state index in [1.807, 2.05) is 0 Å². The molecule has 1 spiro atoms. The predicted molar refractivity (Wildman–Crippen MR) is 105 cm³/mol. The monoisotopic (exact) mass is 419 g/mol. The summed E-state index contributed by atoms with van der Waals surface area (Å²) in [6.07, 6.45) is 4.21. The molecule has 3 rings (SSSR count). The highest BCUT2D eigenvalue weighted by Crippen LogP contribution is 2.39. The van der Waals surface area contributed by atoms with Crippen molar-refractivity contribution in [2.75, 3.05) is 26.7 Å². The number of urea groups is 1. The zero-order chi connectivity index (χ0) is 21.7. The van der Waals surface area contributed by atoms with Crippen molar-refractivity contribution in [3.63, 3.8) is 0 Å². The van der Waals surface area contributed by atoms with Gasteiger partial charge in [0.25, 0.3) is 11.8 Å². The molecule has 9 heteroatoms. The van der Waals surface area contributed by atoms with E-state index in [0.717, 1.165) is 24.2 Å². The Bertz CT molecular complexity index is 838. The van der Waals surface area contributed by atoms with Crippen LogP contribution in [0.2, 0.25) is 0 Å². The fraction of sp³-hybridized carbons (Fsp3) is 0.524. The molecule has 4 amide bonds. The lowest BCUT2D eigenvalue weighted by molar-refractivity contribution is -0.151. The number of ether oxygens (including phenoxy) is 1. The highest BCUT2D eigenvalue weighted by Gasteiger charge is 2.55. The van der Waals surface area contributed by atoms with E-state index in [-0.39, 0.29) is 18.3 Å². The smallest absolute Gasteiger partial charge is 0.327 e. The molecule has 0 atom stereocenters. The minimum Gasteiger partial charge on any atom is -0.454 e. The molecule has 0 unspecified atom stereocenters. The molecule has 162 valence electrons. The highest BCUT2D eigenvalue weighted by molar-refractivity contribution is 6.08. The number of rotatable bonds is 7. The van der Waals surface area contributed by atoms with Crippen LogP contribution in [0.4, 0.5) is 9.18 Å². The first-order valence-corrected chi connectivity index (χ1v) is 10.1. The average Bonchev–Trinajstić information content (AvgIpc) is 2.90. The minimum atomic E-state index is -0.861. The molecular formula is C21H26FN3O5. The maximum absolute atomic E-state index is 13.5. The molecule has 1 aliphatic heterocycles. The molecule has 1 aliphatic carbocycles. The molecule has 2 aliphatic rings. The van der Waals surface area contributed by atoms with Crippen molar-refractivity contribution in [3.05, 3.63) is 35.6 Å². The molecule has 30 heavy (non-hydrogen) atoms. The van der Waals surface area contributed by atoms with E-state index in [0.29, 0.717) is 24.8 Å². The number of carbonyl (C=O) groups excluding carboxylic acids is 4. The number of amides is 4. The third kappa shape index (κ3) is 4.44. The van der Waals surface area contributed by atoms with Gasteiger partial charge in [0.1, 0.15) is 17.9 Å². The Labute approximate surface area is 174 Å². The molecule has 0 aromatic heterocycles. The topological polar surface area (TPSA) is 96.0 Å². The molecule has 1 heterocycles. The third-order valence-corrected chi connectivity index (χ3v) is 5.81. The van der Waals surface area contributed by atoms with Gasteiger partial charge >= 0.3 is 12.0 Å². The summed E-state index contributed by atoms with van der Waals surface area (Å²) in [7, 11) is 1.58. The lowest BCUT2D eigenvalue weighted by Gasteiger charge is -2.35. The first-order valence-electron chi connectivity index (χ1n) is 10.1. The maximum Gasteiger partial charge on any atom is 0.327 e. The second-order valence-electron chi connectivity index (χ2n) is 7.68. The van der Waals surface area contributed by atoms with Crippen LogP contribution in [0, 0.1) is 5.82 Å². The van der Waals surface area contributed by atoms with Crippen LogP contribution in [-0.2, 0) is 25.5 Å². The van der Waals surface area contributed by atoms with Crippen LogP contribution in [0.25, 0.3) is 0 Å². The number of likely N-dealkylation sites (N-methyl/N-ethyl adjacent to an activating group) is 1. The Balaban J connectivity index is 1.44. The van der Waals surface area contributed by atoms with Gasteiger partial charge in [-0.1, -0.05) is 37.5 Å². The molecule has 1 aromatic carbocycles. The summed E-state index contributed by atoms with van der Waals surface area (Å²) in [5.74, 6) is -2.10. The Morgan fingerprint density at radius 3 is 2.57 bits per heavy atom. The van der Waals surface area contributed by atoms with Crippen LogP contribution in [0.15, 0.2) is 24.3 Å². The van der Waals surface area contributed by atoms with Crippen LogP contribution in [0.1, 0.15) is 37.7 Å². The zero-order valence-electron chi connectivity index (χ0n) is 17.0. The molecule has 8 nitrogen and oxygen atoms in total. The van der Waals surface area contributed by atoms with Gasteiger partial charge in [-0.15, -0.1) is 0 Å². The summed E-state index contributed by atoms with van der Waals surface area (Å²) >= 11 is 0. The molecule has 1 N–H and O–H groups in total. The molecular weight excluding hydrogens is 393 g/mol. The summed E-state index contributed by atoms with van der Waals surface area (Å²) in [5.41, 5.74) is -0.388. The van der Waals surface area contributed by atoms with Crippen molar-refractivity contribution in [2.24, 2.45) is 0 Å². The molecule has 2 fully saturated rings. The second-order valence-corrected chi connectivity index (χ2v) is 7.68. The Morgan fingerprint density at radius 2 is 1.87 bits per heavy atom. The summed E-state index contributed by atoms with van der Waals surface area (Å²) in [6, 6.07) is 5.74. The SMILES string of the molecule is CN1C(=O)N(CC(=O)OCC(=O)NCCc2ccccc2F)C(=O)C12CCCCC2. The van der Waals surface area contributed by atoms with Gasteiger partial charge in [0, 0.05) is 13.6 Å². The fourth-order valence-electron chi connectivity index (χ4n) is 4.08. The van der Waals surface area contributed by atoms with Gasteiger partial charge in [0.05, 0.1) is 0 Å². The van der Waals surface area contributed by atoms with Crippen LogP contribution < -0.4 is 5.32 Å². The van der Waals surface area contributed by atoms with Crippen molar-refractivity contribution in [1.82, 2.24) is 15.1 Å². The van der Waals surface area contributed by atoms with Crippen LogP contribution in [0.5, 0.6) is 0 Å². The number of nitrogens with zero attached hydrogens (tertiary/aromatic N) is 2. The van der Waals surface area contributed by atoms with Crippen molar-refractivity contribution in [2.45, 2.75) is 44.1 Å². The van der Waals surface area contributed by atoms with Crippen molar-refractivity contribution < 1.29 is 28.3 Å². The second kappa shape index (κ2) is 9.23. The quantitative estimate of drug-likeness (QED) is 0.535. The standard InChI is InChI=1S/C21H26FN3O5/c1-24-20(29)25(19(28)21(24)10-5-2-6-11-21)13-18(27)30-14-17(26)23-12-9-15-7-3-4-8-16(15)22/h3-4,7-8H,2,5-6,9-14H2,1H3,(H,23,26). The molecule has 1 saturated heterocycles. The predicted octanol–water partition coefficient (Wildman–Crippen LogP) is 1.62. The summed E-state index contributed by atoms with van der Waals surface area (Å²) in [4.78, 5) is 51.6. The highest BCUT2D eigenvalue weighted by atomic mass is 19.1. The van der Waals surface area contributed by atoms with Gasteiger partial charge in [0.2, 0.25) is 0 Å². The third-order valence-electron chi connectivity index (χ3n) is 5.81.